The van der Waals surface area contributed by atoms with Crippen molar-refractivity contribution in [2.45, 2.75) is 32.3 Å². The average Bonchev–Trinajstić information content (AvgIpc) is 3.02. The first-order valence-electron chi connectivity index (χ1n) is 7.11. The molecule has 3 rings (SSSR count). The van der Waals surface area contributed by atoms with Crippen LogP contribution in [0.1, 0.15) is 46.9 Å². The Kier molecular flexibility index (Phi) is 3.24. The number of carbonyl (C=O) groups excluding carboxylic acids is 1. The van der Waals surface area contributed by atoms with Crippen molar-refractivity contribution < 1.29 is 19.4 Å². The van der Waals surface area contributed by atoms with E-state index in [4.69, 9.17) is 9.84 Å². The molecule has 2 fully saturated rings. The van der Waals surface area contributed by atoms with Gasteiger partial charge in [-0.3, -0.25) is 0 Å². The third kappa shape index (κ3) is 2.09. The summed E-state index contributed by atoms with van der Waals surface area (Å²) in [5, 5.41) is 9.12. The topological polar surface area (TPSA) is 63.6 Å². The zero-order valence-corrected chi connectivity index (χ0v) is 11.4. The van der Waals surface area contributed by atoms with Crippen molar-refractivity contribution in [2.75, 3.05) is 0 Å². The highest BCUT2D eigenvalue weighted by molar-refractivity contribution is 6.02. The van der Waals surface area contributed by atoms with Crippen LogP contribution in [0.3, 0.4) is 0 Å². The largest absolute Gasteiger partial charge is 0.478 e. The summed E-state index contributed by atoms with van der Waals surface area (Å²) in [6.45, 7) is 2.13. The van der Waals surface area contributed by atoms with E-state index in [0.717, 1.165) is 12.8 Å². The van der Waals surface area contributed by atoms with Crippen molar-refractivity contribution in [3.8, 4) is 0 Å². The number of aromatic carboxylic acids is 1. The lowest BCUT2D eigenvalue weighted by molar-refractivity contribution is -0.000661. The average molecular weight is 274 g/mol. The van der Waals surface area contributed by atoms with Crippen LogP contribution in [-0.4, -0.2) is 23.1 Å². The van der Waals surface area contributed by atoms with E-state index in [-0.39, 0.29) is 17.2 Å². The summed E-state index contributed by atoms with van der Waals surface area (Å²) in [5.41, 5.74) is 0.156. The van der Waals surface area contributed by atoms with E-state index >= 15 is 0 Å². The van der Waals surface area contributed by atoms with Crippen LogP contribution in [0.2, 0.25) is 0 Å². The second-order valence-electron chi connectivity index (χ2n) is 5.91. The van der Waals surface area contributed by atoms with Gasteiger partial charge in [0.15, 0.2) is 0 Å². The summed E-state index contributed by atoms with van der Waals surface area (Å²) in [5.74, 6) is -0.107. The maximum absolute atomic E-state index is 12.3. The first kappa shape index (κ1) is 13.2. The molecular formula is C16H18O4. The van der Waals surface area contributed by atoms with Gasteiger partial charge in [0.2, 0.25) is 0 Å². The van der Waals surface area contributed by atoms with Crippen molar-refractivity contribution in [1.29, 1.82) is 0 Å². The Bertz CT molecular complexity index is 549. The minimum Gasteiger partial charge on any atom is -0.478 e. The number of fused-ring (bicyclic) bond motifs is 2. The van der Waals surface area contributed by atoms with E-state index in [1.165, 1.54) is 18.6 Å². The third-order valence-corrected chi connectivity index (χ3v) is 4.86. The Morgan fingerprint density at radius 1 is 1.15 bits per heavy atom. The summed E-state index contributed by atoms with van der Waals surface area (Å²) in [7, 11) is 0. The molecule has 0 amide bonds. The highest BCUT2D eigenvalue weighted by atomic mass is 16.5. The highest BCUT2D eigenvalue weighted by Gasteiger charge is 2.47. The van der Waals surface area contributed by atoms with Crippen LogP contribution >= 0.6 is 0 Å². The summed E-state index contributed by atoms with van der Waals surface area (Å²) in [4.78, 5) is 23.4. The van der Waals surface area contributed by atoms with Crippen molar-refractivity contribution in [3.05, 3.63) is 35.4 Å². The molecule has 2 aliphatic carbocycles. The molecule has 2 saturated carbocycles. The van der Waals surface area contributed by atoms with Crippen LogP contribution in [0.5, 0.6) is 0 Å². The van der Waals surface area contributed by atoms with Crippen LogP contribution in [0, 0.1) is 17.8 Å². The van der Waals surface area contributed by atoms with Gasteiger partial charge < -0.3 is 9.84 Å². The molecule has 1 aromatic carbocycles. The summed E-state index contributed by atoms with van der Waals surface area (Å²) in [6, 6.07) is 6.22. The van der Waals surface area contributed by atoms with E-state index in [0.29, 0.717) is 17.8 Å². The molecule has 4 atom stereocenters. The molecule has 4 nitrogen and oxygen atoms in total. The Morgan fingerprint density at radius 2 is 1.80 bits per heavy atom. The number of carboxylic acid groups (broad SMARTS) is 1. The van der Waals surface area contributed by atoms with E-state index in [9.17, 15) is 9.59 Å². The predicted molar refractivity (Wildman–Crippen MR) is 72.6 cm³/mol. The van der Waals surface area contributed by atoms with Gasteiger partial charge in [-0.05, 0) is 49.1 Å². The van der Waals surface area contributed by atoms with E-state index < -0.39 is 11.9 Å². The first-order valence-corrected chi connectivity index (χ1v) is 7.11. The summed E-state index contributed by atoms with van der Waals surface area (Å²) >= 11 is 0. The maximum Gasteiger partial charge on any atom is 0.339 e. The standard InChI is InChI=1S/C16H18O4/c1-9-10-6-7-11(8-10)14(9)20-16(19)13-5-3-2-4-12(13)15(17)18/h2-5,9-11,14H,6-8H2,1H3,(H,17,18)/t9-,10-,11+,14-/m1/s1. The van der Waals surface area contributed by atoms with Crippen molar-refractivity contribution in [1.82, 2.24) is 0 Å². The minimum atomic E-state index is -1.10. The first-order chi connectivity index (χ1) is 9.58. The van der Waals surface area contributed by atoms with Gasteiger partial charge in [0.25, 0.3) is 0 Å². The van der Waals surface area contributed by atoms with E-state index in [1.54, 1.807) is 12.1 Å². The smallest absolute Gasteiger partial charge is 0.339 e. The monoisotopic (exact) mass is 274 g/mol. The van der Waals surface area contributed by atoms with Crippen molar-refractivity contribution >= 4 is 11.9 Å². The number of carboxylic acids is 1. The number of esters is 1. The third-order valence-electron chi connectivity index (χ3n) is 4.86. The van der Waals surface area contributed by atoms with Gasteiger partial charge in [-0.1, -0.05) is 19.1 Å². The lowest BCUT2D eigenvalue weighted by atomic mass is 9.88. The van der Waals surface area contributed by atoms with Crippen LogP contribution in [0.4, 0.5) is 0 Å². The molecule has 2 aliphatic rings. The van der Waals surface area contributed by atoms with Gasteiger partial charge in [0.1, 0.15) is 6.10 Å². The molecule has 0 saturated heterocycles. The molecule has 0 spiro atoms. The Morgan fingerprint density at radius 3 is 2.40 bits per heavy atom. The second kappa shape index (κ2) is 4.93. The molecule has 0 heterocycles. The number of rotatable bonds is 3. The number of carbonyl (C=O) groups is 2. The molecule has 106 valence electrons. The summed E-state index contributed by atoms with van der Waals surface area (Å²) < 4.78 is 5.63. The SMILES string of the molecule is C[C@@H]1[C@@H]2CC[C@@H](C2)[C@@H]1OC(=O)c1ccccc1C(=O)O. The molecule has 1 aromatic rings. The van der Waals surface area contributed by atoms with E-state index in [1.807, 2.05) is 0 Å². The molecule has 1 N–H and O–H groups in total. The van der Waals surface area contributed by atoms with Crippen LogP contribution in [0.25, 0.3) is 0 Å². The van der Waals surface area contributed by atoms with Crippen molar-refractivity contribution in [2.24, 2.45) is 17.8 Å². The maximum atomic E-state index is 12.3. The fourth-order valence-corrected chi connectivity index (χ4v) is 3.76. The molecule has 2 bridgehead atoms. The lowest BCUT2D eigenvalue weighted by Gasteiger charge is -2.28. The molecule has 4 heteroatoms. The number of hydrogen-bond acceptors (Lipinski definition) is 3. The highest BCUT2D eigenvalue weighted by Crippen LogP contribution is 2.49. The second-order valence-corrected chi connectivity index (χ2v) is 5.91. The molecule has 20 heavy (non-hydrogen) atoms. The fraction of sp³-hybridized carbons (Fsp3) is 0.500. The molecule has 0 aromatic heterocycles. The van der Waals surface area contributed by atoms with Crippen LogP contribution < -0.4 is 0 Å². The number of ether oxygens (including phenoxy) is 1. The number of benzene rings is 1. The van der Waals surface area contributed by atoms with Gasteiger partial charge in [-0.15, -0.1) is 0 Å². The van der Waals surface area contributed by atoms with Gasteiger partial charge >= 0.3 is 11.9 Å². The van der Waals surface area contributed by atoms with Gasteiger partial charge in [-0.25, -0.2) is 9.59 Å². The molecular weight excluding hydrogens is 256 g/mol. The van der Waals surface area contributed by atoms with Gasteiger partial charge in [0.05, 0.1) is 11.1 Å². The molecule has 0 radical (unpaired) electrons. The Balaban J connectivity index is 1.79. The van der Waals surface area contributed by atoms with Gasteiger partial charge in [-0.2, -0.15) is 0 Å². The van der Waals surface area contributed by atoms with E-state index in [2.05, 4.69) is 6.92 Å². The Labute approximate surface area is 117 Å². The minimum absolute atomic E-state index is 0.00769. The number of hydrogen-bond donors (Lipinski definition) is 1. The quantitative estimate of drug-likeness (QED) is 0.861. The summed E-state index contributed by atoms with van der Waals surface area (Å²) in [6.07, 6.45) is 3.43. The fourth-order valence-electron chi connectivity index (χ4n) is 3.76. The Hall–Kier alpha value is -1.84. The zero-order chi connectivity index (χ0) is 14.3. The molecule has 0 unspecified atom stereocenters. The molecule has 0 aliphatic heterocycles. The van der Waals surface area contributed by atoms with Crippen molar-refractivity contribution in [3.63, 3.8) is 0 Å². The van der Waals surface area contributed by atoms with Gasteiger partial charge in [0, 0.05) is 0 Å². The van der Waals surface area contributed by atoms with Crippen LogP contribution in [-0.2, 0) is 4.74 Å². The predicted octanol–water partition coefficient (Wildman–Crippen LogP) is 2.98. The lowest BCUT2D eigenvalue weighted by Crippen LogP contribution is -2.31. The van der Waals surface area contributed by atoms with Crippen LogP contribution in [0.15, 0.2) is 24.3 Å². The zero-order valence-electron chi connectivity index (χ0n) is 11.4. The normalized spacial score (nSPS) is 31.2.